The number of nitrogens with zero attached hydrogens (tertiary/aromatic N) is 1. The summed E-state index contributed by atoms with van der Waals surface area (Å²) in [4.78, 5) is 25.8. The Morgan fingerprint density at radius 3 is 2.59 bits per heavy atom. The van der Waals surface area contributed by atoms with E-state index in [2.05, 4.69) is 27.3 Å². The van der Waals surface area contributed by atoms with Gasteiger partial charge in [0.05, 0.1) is 9.26 Å². The first kappa shape index (κ1) is 27.2. The van der Waals surface area contributed by atoms with Crippen molar-refractivity contribution in [2.45, 2.75) is 13.3 Å². The maximum absolute atomic E-state index is 12.7. The van der Waals surface area contributed by atoms with E-state index in [4.69, 9.17) is 14.3 Å². The number of benzene rings is 2. The van der Waals surface area contributed by atoms with Gasteiger partial charge < -0.3 is 15.5 Å². The molecule has 3 rings (SSSR count). The number of amides is 1. The molecule has 3 aromatic rings. The van der Waals surface area contributed by atoms with Crippen molar-refractivity contribution >= 4 is 55.6 Å². The zero-order chi connectivity index (χ0) is 22.9. The van der Waals surface area contributed by atoms with E-state index in [0.29, 0.717) is 37.1 Å². The maximum atomic E-state index is 12.7. The van der Waals surface area contributed by atoms with Gasteiger partial charge in [0.1, 0.15) is 11.3 Å². The third-order valence-electron chi connectivity index (χ3n) is 4.47. The summed E-state index contributed by atoms with van der Waals surface area (Å²) in [6, 6.07) is 9.89. The van der Waals surface area contributed by atoms with Crippen LogP contribution >= 0.6 is 22.6 Å². The summed E-state index contributed by atoms with van der Waals surface area (Å²) in [5, 5.41) is 5.73. The van der Waals surface area contributed by atoms with Crippen LogP contribution in [0.3, 0.4) is 0 Å². The first-order valence-corrected chi connectivity index (χ1v) is 11.6. The predicted octanol–water partition coefficient (Wildman–Crippen LogP) is 0.0891. The summed E-state index contributed by atoms with van der Waals surface area (Å²) in [6.07, 6.45) is -0.306. The second-order valence-corrected chi connectivity index (χ2v) is 9.51. The molecule has 3 N–H and O–H groups in total. The fourth-order valence-corrected chi connectivity index (χ4v) is 4.00. The number of ether oxygens (including phenoxy) is 1. The van der Waals surface area contributed by atoms with Crippen molar-refractivity contribution in [2.75, 3.05) is 18.8 Å². The number of carbonyl (C=O) groups excluding carboxylic acids is 1. The molecule has 0 radical (unpaired) electrons. The molecule has 2 aromatic carbocycles. The Kier molecular flexibility index (Phi) is 9.32. The van der Waals surface area contributed by atoms with Gasteiger partial charge in [0, 0.05) is 37.5 Å². The fraction of sp³-hybridized carbons (Fsp3) is 0.200. The van der Waals surface area contributed by atoms with E-state index in [-0.39, 0.29) is 59.2 Å². The minimum atomic E-state index is -3.90. The van der Waals surface area contributed by atoms with Crippen LogP contribution in [0.25, 0.3) is 11.0 Å². The van der Waals surface area contributed by atoms with Gasteiger partial charge in [-0.1, -0.05) is 12.1 Å². The number of hydrogen-bond acceptors (Lipinski definition) is 6. The van der Waals surface area contributed by atoms with Crippen molar-refractivity contribution in [3.05, 3.63) is 67.1 Å². The van der Waals surface area contributed by atoms with Crippen molar-refractivity contribution in [1.29, 1.82) is 0 Å². The quantitative estimate of drug-likeness (QED) is 0.244. The van der Waals surface area contributed by atoms with Crippen LogP contribution in [0.2, 0.25) is 0 Å². The van der Waals surface area contributed by atoms with Crippen molar-refractivity contribution in [1.82, 2.24) is 4.90 Å². The molecule has 0 bridgehead atoms. The summed E-state index contributed by atoms with van der Waals surface area (Å²) in [5.74, 6) is 0.295. The molecular formula is C20H21IKN3O6S. The smallest absolute Gasteiger partial charge is 1.00 e. The van der Waals surface area contributed by atoms with Crippen molar-refractivity contribution in [3.63, 3.8) is 0 Å². The first-order chi connectivity index (χ1) is 14.4. The van der Waals surface area contributed by atoms with E-state index < -0.39 is 21.9 Å². The average molecular weight is 597 g/mol. The van der Waals surface area contributed by atoms with Crippen LogP contribution < -0.4 is 71.6 Å². The Balaban J connectivity index is 0.00000272. The maximum Gasteiger partial charge on any atom is 1.00 e. The molecule has 0 spiro atoms. The Bertz CT molecular complexity index is 1350. The molecule has 9 nitrogen and oxygen atoms in total. The Hall–Kier alpha value is -1.00. The third-order valence-corrected chi connectivity index (χ3v) is 5.83. The SMILES string of the molecule is Cc1c(Cc2cccc(NS(N)(=O)=O)c2)c(=O)oc2cc(OC(=O)N(C)C)c(I)cc12.[H-].[K+]. The molecule has 1 heterocycles. The van der Waals surface area contributed by atoms with Crippen LogP contribution in [0.15, 0.2) is 45.6 Å². The van der Waals surface area contributed by atoms with Gasteiger partial charge in [-0.2, -0.15) is 8.42 Å². The normalized spacial score (nSPS) is 11.0. The van der Waals surface area contributed by atoms with Gasteiger partial charge in [-0.3, -0.25) is 4.72 Å². The van der Waals surface area contributed by atoms with Crippen molar-refractivity contribution < 1.29 is 75.2 Å². The molecule has 32 heavy (non-hydrogen) atoms. The largest absolute Gasteiger partial charge is 1.00 e. The van der Waals surface area contributed by atoms with Crippen LogP contribution in [0, 0.1) is 10.5 Å². The average Bonchev–Trinajstić information content (AvgIpc) is 2.65. The van der Waals surface area contributed by atoms with E-state index in [1.54, 1.807) is 44.4 Å². The van der Waals surface area contributed by atoms with Crippen LogP contribution in [-0.4, -0.2) is 33.5 Å². The van der Waals surface area contributed by atoms with Gasteiger partial charge in [-0.15, -0.1) is 0 Å². The number of nitrogens with one attached hydrogen (secondary N) is 1. The topological polar surface area (TPSA) is 132 Å². The van der Waals surface area contributed by atoms with Crippen LogP contribution in [0.5, 0.6) is 5.75 Å². The van der Waals surface area contributed by atoms with Crippen molar-refractivity contribution in [3.8, 4) is 5.75 Å². The Morgan fingerprint density at radius 1 is 1.28 bits per heavy atom. The number of nitrogens with two attached hydrogens (primary N) is 1. The molecule has 0 saturated carbocycles. The molecule has 1 aromatic heterocycles. The molecular weight excluding hydrogens is 576 g/mol. The zero-order valence-electron chi connectivity index (χ0n) is 18.9. The van der Waals surface area contributed by atoms with Gasteiger partial charge in [0.2, 0.25) is 0 Å². The minimum absolute atomic E-state index is 0. The summed E-state index contributed by atoms with van der Waals surface area (Å²) < 4.78 is 36.2. The standard InChI is InChI=1S/C20H20IN3O6S.K.H/c1-11-14-9-16(21)18(30-20(26)24(2)3)10-17(14)29-19(25)15(11)8-12-5-4-6-13(7-12)23-31(22,27)28;;/h4-7,9-10,23H,8H2,1-3H3,(H2,22,27,28);;/q;+1;-1. The third kappa shape index (κ3) is 6.76. The van der Waals surface area contributed by atoms with Gasteiger partial charge in [0.15, 0.2) is 0 Å². The second kappa shape index (κ2) is 10.9. The zero-order valence-corrected chi connectivity index (χ0v) is 24.0. The number of hydrogen-bond donors (Lipinski definition) is 2. The summed E-state index contributed by atoms with van der Waals surface area (Å²) in [6.45, 7) is 1.81. The van der Waals surface area contributed by atoms with Crippen LogP contribution in [0.4, 0.5) is 10.5 Å². The predicted molar refractivity (Wildman–Crippen MR) is 127 cm³/mol. The minimum Gasteiger partial charge on any atom is -1.00 e. The van der Waals surface area contributed by atoms with Gasteiger partial charge in [-0.25, -0.2) is 14.7 Å². The Morgan fingerprint density at radius 2 is 1.97 bits per heavy atom. The van der Waals surface area contributed by atoms with Crippen LogP contribution in [0.1, 0.15) is 18.1 Å². The summed E-state index contributed by atoms with van der Waals surface area (Å²) in [5.41, 5.74) is 1.94. The molecule has 0 aliphatic carbocycles. The molecule has 0 fully saturated rings. The number of halogens is 1. The molecule has 166 valence electrons. The monoisotopic (exact) mass is 597 g/mol. The van der Waals surface area contributed by atoms with Gasteiger partial charge >= 0.3 is 63.1 Å². The number of fused-ring (bicyclic) bond motifs is 1. The van der Waals surface area contributed by atoms with Gasteiger partial charge in [-0.05, 0) is 58.8 Å². The second-order valence-electron chi connectivity index (χ2n) is 7.06. The van der Waals surface area contributed by atoms with E-state index in [1.165, 1.54) is 11.0 Å². The first-order valence-electron chi connectivity index (χ1n) is 8.99. The number of rotatable bonds is 5. The van der Waals surface area contributed by atoms with E-state index in [0.717, 1.165) is 5.56 Å². The molecule has 1 amide bonds. The summed E-state index contributed by atoms with van der Waals surface area (Å²) >= 11 is 2.05. The molecule has 0 atom stereocenters. The van der Waals surface area contributed by atoms with Crippen LogP contribution in [-0.2, 0) is 16.6 Å². The molecule has 12 heteroatoms. The number of aryl methyl sites for hydroxylation is 1. The number of anilines is 1. The van der Waals surface area contributed by atoms with Crippen molar-refractivity contribution in [2.24, 2.45) is 5.14 Å². The molecule has 0 saturated heterocycles. The van der Waals surface area contributed by atoms with E-state index in [9.17, 15) is 18.0 Å². The Labute approximate surface area is 242 Å². The van der Waals surface area contributed by atoms with Gasteiger partial charge in [0.25, 0.3) is 10.2 Å². The van der Waals surface area contributed by atoms with E-state index >= 15 is 0 Å². The molecule has 0 aliphatic heterocycles. The molecule has 0 unspecified atom stereocenters. The summed E-state index contributed by atoms with van der Waals surface area (Å²) in [7, 11) is -0.765. The fourth-order valence-electron chi connectivity index (χ4n) is 2.97. The van der Waals surface area contributed by atoms with E-state index in [1.807, 2.05) is 6.92 Å². The number of carbonyl (C=O) groups is 1. The molecule has 0 aliphatic rings.